The summed E-state index contributed by atoms with van der Waals surface area (Å²) < 4.78 is 5.35. The molecule has 3 aliphatic rings. The van der Waals surface area contributed by atoms with Gasteiger partial charge in [-0.3, -0.25) is 4.79 Å². The molecule has 2 nitrogen and oxygen atoms in total. The molecular formula is C9H10O2. The molecule has 2 fully saturated rings. The van der Waals surface area contributed by atoms with Gasteiger partial charge in [-0.1, -0.05) is 12.2 Å². The number of fused-ring (bicyclic) bond motifs is 5. The van der Waals surface area contributed by atoms with Crippen LogP contribution >= 0.6 is 0 Å². The summed E-state index contributed by atoms with van der Waals surface area (Å²) in [6, 6.07) is 0. The van der Waals surface area contributed by atoms with E-state index in [1.54, 1.807) is 0 Å². The number of allylic oxidation sites excluding steroid dienone is 2. The van der Waals surface area contributed by atoms with Crippen molar-refractivity contribution in [1.82, 2.24) is 0 Å². The molecule has 2 bridgehead atoms. The van der Waals surface area contributed by atoms with Crippen LogP contribution in [0.25, 0.3) is 0 Å². The van der Waals surface area contributed by atoms with Gasteiger partial charge in [0.25, 0.3) is 0 Å². The van der Waals surface area contributed by atoms with Gasteiger partial charge >= 0.3 is 0 Å². The van der Waals surface area contributed by atoms with E-state index in [1.165, 1.54) is 0 Å². The molecule has 2 aliphatic carbocycles. The number of ether oxygens (including phenoxy) is 1. The van der Waals surface area contributed by atoms with E-state index >= 15 is 0 Å². The van der Waals surface area contributed by atoms with Crippen LogP contribution < -0.4 is 0 Å². The first kappa shape index (κ1) is 5.95. The highest BCUT2D eigenvalue weighted by molar-refractivity contribution is 5.92. The van der Waals surface area contributed by atoms with Gasteiger partial charge in [0.2, 0.25) is 0 Å². The van der Waals surface area contributed by atoms with E-state index in [1.807, 2.05) is 0 Å². The molecule has 0 N–H and O–H groups in total. The zero-order valence-electron chi connectivity index (χ0n) is 6.19. The lowest BCUT2D eigenvalue weighted by molar-refractivity contribution is -0.122. The van der Waals surface area contributed by atoms with E-state index in [2.05, 4.69) is 12.2 Å². The van der Waals surface area contributed by atoms with Crippen LogP contribution in [0.15, 0.2) is 12.2 Å². The molecular weight excluding hydrogens is 140 g/mol. The predicted molar refractivity (Wildman–Crippen MR) is 38.9 cm³/mol. The third kappa shape index (κ3) is 0.552. The molecule has 3 rings (SSSR count). The Bertz CT molecular complexity index is 222. The van der Waals surface area contributed by atoms with E-state index < -0.39 is 0 Å². The lowest BCUT2D eigenvalue weighted by Gasteiger charge is -2.14. The van der Waals surface area contributed by atoms with Crippen molar-refractivity contribution in [2.45, 2.75) is 0 Å². The van der Waals surface area contributed by atoms with E-state index in [0.29, 0.717) is 17.6 Å². The van der Waals surface area contributed by atoms with E-state index in [4.69, 9.17) is 4.74 Å². The molecule has 0 amide bonds. The Hall–Kier alpha value is -0.630. The fourth-order valence-corrected chi connectivity index (χ4v) is 2.69. The summed E-state index contributed by atoms with van der Waals surface area (Å²) in [5.41, 5.74) is 0. The molecule has 0 aromatic carbocycles. The van der Waals surface area contributed by atoms with Crippen LogP contribution in [0.1, 0.15) is 0 Å². The van der Waals surface area contributed by atoms with E-state index in [9.17, 15) is 4.79 Å². The molecule has 4 unspecified atom stereocenters. The van der Waals surface area contributed by atoms with Crippen LogP contribution in [0.4, 0.5) is 0 Å². The normalized spacial score (nSPS) is 52.2. The topological polar surface area (TPSA) is 26.3 Å². The second-order valence-corrected chi connectivity index (χ2v) is 3.70. The molecule has 0 radical (unpaired) electrons. The maximum absolute atomic E-state index is 11.5. The number of ketones is 1. The number of Topliss-reactive ketones (excluding diaryl/α,β-unsaturated/α-hetero) is 1. The number of rotatable bonds is 0. The van der Waals surface area contributed by atoms with Gasteiger partial charge in [-0.2, -0.15) is 0 Å². The van der Waals surface area contributed by atoms with Crippen molar-refractivity contribution < 1.29 is 9.53 Å². The van der Waals surface area contributed by atoms with Crippen molar-refractivity contribution in [1.29, 1.82) is 0 Å². The molecule has 1 saturated carbocycles. The molecule has 1 heterocycles. The molecule has 1 saturated heterocycles. The average Bonchev–Trinajstić information content (AvgIpc) is 2.61. The predicted octanol–water partition coefficient (Wildman–Crippen LogP) is 0.634. The minimum absolute atomic E-state index is 0.215. The van der Waals surface area contributed by atoms with Crippen LogP contribution in [-0.4, -0.2) is 19.0 Å². The first-order valence-corrected chi connectivity index (χ1v) is 4.18. The number of hydrogen-bond donors (Lipinski definition) is 0. The zero-order valence-corrected chi connectivity index (χ0v) is 6.19. The third-order valence-corrected chi connectivity index (χ3v) is 3.28. The molecule has 0 spiro atoms. The van der Waals surface area contributed by atoms with Gasteiger partial charge in [0, 0.05) is 23.7 Å². The molecule has 11 heavy (non-hydrogen) atoms. The Morgan fingerprint density at radius 1 is 1.18 bits per heavy atom. The van der Waals surface area contributed by atoms with E-state index in [-0.39, 0.29) is 11.8 Å². The van der Waals surface area contributed by atoms with Crippen molar-refractivity contribution in [3.63, 3.8) is 0 Å². The van der Waals surface area contributed by atoms with Crippen molar-refractivity contribution in [2.75, 3.05) is 13.2 Å². The summed E-state index contributed by atoms with van der Waals surface area (Å²) in [6.07, 6.45) is 4.14. The van der Waals surface area contributed by atoms with Crippen LogP contribution in [0.2, 0.25) is 0 Å². The SMILES string of the molecule is O=C1C2C=CC1C1COCC21. The summed E-state index contributed by atoms with van der Waals surface area (Å²) in [5, 5.41) is 0. The minimum Gasteiger partial charge on any atom is -0.381 e. The fourth-order valence-electron chi connectivity index (χ4n) is 2.69. The minimum atomic E-state index is 0.215. The summed E-state index contributed by atoms with van der Waals surface area (Å²) >= 11 is 0. The third-order valence-electron chi connectivity index (χ3n) is 3.28. The lowest BCUT2D eigenvalue weighted by Crippen LogP contribution is -2.16. The van der Waals surface area contributed by atoms with Gasteiger partial charge in [-0.15, -0.1) is 0 Å². The Labute approximate surface area is 65.2 Å². The van der Waals surface area contributed by atoms with Crippen molar-refractivity contribution in [3.05, 3.63) is 12.2 Å². The van der Waals surface area contributed by atoms with Crippen molar-refractivity contribution in [3.8, 4) is 0 Å². The number of carbonyl (C=O) groups excluding carboxylic acids is 1. The van der Waals surface area contributed by atoms with Gasteiger partial charge in [0.05, 0.1) is 13.2 Å². The summed E-state index contributed by atoms with van der Waals surface area (Å²) in [4.78, 5) is 11.5. The molecule has 2 heteroatoms. The highest BCUT2D eigenvalue weighted by atomic mass is 16.5. The molecule has 0 aromatic rings. The largest absolute Gasteiger partial charge is 0.381 e. The fraction of sp³-hybridized carbons (Fsp3) is 0.667. The van der Waals surface area contributed by atoms with Gasteiger partial charge in [0.15, 0.2) is 0 Å². The first-order valence-electron chi connectivity index (χ1n) is 4.18. The standard InChI is InChI=1S/C9H10O2/c10-9-5-1-2-6(9)8-4-11-3-7(5)8/h1-2,5-8H,3-4H2. The van der Waals surface area contributed by atoms with Gasteiger partial charge < -0.3 is 4.74 Å². The monoisotopic (exact) mass is 150 g/mol. The van der Waals surface area contributed by atoms with E-state index in [0.717, 1.165) is 13.2 Å². The van der Waals surface area contributed by atoms with Gasteiger partial charge in [-0.05, 0) is 0 Å². The quantitative estimate of drug-likeness (QED) is 0.473. The first-order chi connectivity index (χ1) is 5.38. The Balaban J connectivity index is 2.05. The Morgan fingerprint density at radius 2 is 1.73 bits per heavy atom. The molecule has 58 valence electrons. The Morgan fingerprint density at radius 3 is 2.27 bits per heavy atom. The lowest BCUT2D eigenvalue weighted by atomic mass is 9.86. The smallest absolute Gasteiger partial charge is 0.147 e. The van der Waals surface area contributed by atoms with Crippen molar-refractivity contribution >= 4 is 5.78 Å². The van der Waals surface area contributed by atoms with Crippen molar-refractivity contribution in [2.24, 2.45) is 23.7 Å². The maximum atomic E-state index is 11.5. The highest BCUT2D eigenvalue weighted by Gasteiger charge is 2.53. The summed E-state index contributed by atoms with van der Waals surface area (Å²) in [7, 11) is 0. The molecule has 4 atom stereocenters. The van der Waals surface area contributed by atoms with Crippen LogP contribution in [0.3, 0.4) is 0 Å². The second-order valence-electron chi connectivity index (χ2n) is 3.70. The zero-order chi connectivity index (χ0) is 7.42. The average molecular weight is 150 g/mol. The Kier molecular flexibility index (Phi) is 0.946. The maximum Gasteiger partial charge on any atom is 0.147 e. The van der Waals surface area contributed by atoms with Crippen LogP contribution in [0.5, 0.6) is 0 Å². The van der Waals surface area contributed by atoms with Gasteiger partial charge in [-0.25, -0.2) is 0 Å². The summed E-state index contributed by atoms with van der Waals surface area (Å²) in [6.45, 7) is 1.61. The van der Waals surface area contributed by atoms with Crippen LogP contribution in [-0.2, 0) is 9.53 Å². The second kappa shape index (κ2) is 1.75. The van der Waals surface area contributed by atoms with Crippen LogP contribution in [0, 0.1) is 23.7 Å². The summed E-state index contributed by atoms with van der Waals surface area (Å²) in [5.74, 6) is 1.93. The molecule has 1 aliphatic heterocycles. The number of carbonyl (C=O) groups is 1. The highest BCUT2D eigenvalue weighted by Crippen LogP contribution is 2.48. The molecule has 0 aromatic heterocycles. The number of hydrogen-bond acceptors (Lipinski definition) is 2. The van der Waals surface area contributed by atoms with Gasteiger partial charge in [0.1, 0.15) is 5.78 Å².